The second kappa shape index (κ2) is 4.09. The molecule has 3 N–H and O–H groups in total. The molecule has 0 bridgehead atoms. The Morgan fingerprint density at radius 3 is 2.62 bits per heavy atom. The van der Waals surface area contributed by atoms with Crippen molar-refractivity contribution in [1.29, 1.82) is 0 Å². The Kier molecular flexibility index (Phi) is 3.31. The third kappa shape index (κ3) is 2.69. The van der Waals surface area contributed by atoms with E-state index in [1.165, 1.54) is 12.8 Å². The Morgan fingerprint density at radius 1 is 1.62 bits per heavy atom. The van der Waals surface area contributed by atoms with Gasteiger partial charge in [0.25, 0.3) is 0 Å². The maximum absolute atomic E-state index is 11.4. The van der Waals surface area contributed by atoms with Gasteiger partial charge in [0.05, 0.1) is 5.54 Å². The molecule has 1 aliphatic rings. The van der Waals surface area contributed by atoms with E-state index in [4.69, 9.17) is 5.73 Å². The molecule has 1 amide bonds. The van der Waals surface area contributed by atoms with Gasteiger partial charge in [-0.25, -0.2) is 0 Å². The van der Waals surface area contributed by atoms with Crippen LogP contribution in [0.1, 0.15) is 39.5 Å². The summed E-state index contributed by atoms with van der Waals surface area (Å²) in [5.41, 5.74) is 5.53. The first-order chi connectivity index (χ1) is 6.12. The monoisotopic (exact) mass is 184 g/mol. The first-order valence-electron chi connectivity index (χ1n) is 5.13. The van der Waals surface area contributed by atoms with Crippen LogP contribution in [0.5, 0.6) is 0 Å². The number of carbonyl (C=O) groups is 1. The Morgan fingerprint density at radius 2 is 2.23 bits per heavy atom. The van der Waals surface area contributed by atoms with Crippen LogP contribution in [0.3, 0.4) is 0 Å². The highest BCUT2D eigenvalue weighted by Gasteiger charge is 2.41. The van der Waals surface area contributed by atoms with Gasteiger partial charge in [-0.2, -0.15) is 0 Å². The van der Waals surface area contributed by atoms with Gasteiger partial charge in [0.15, 0.2) is 0 Å². The van der Waals surface area contributed by atoms with Gasteiger partial charge in [-0.15, -0.1) is 0 Å². The van der Waals surface area contributed by atoms with Gasteiger partial charge in [0, 0.05) is 13.0 Å². The molecule has 0 aromatic carbocycles. The normalized spacial score (nSPS) is 20.8. The molecule has 3 nitrogen and oxygen atoms in total. The van der Waals surface area contributed by atoms with Crippen molar-refractivity contribution in [2.45, 2.75) is 45.1 Å². The van der Waals surface area contributed by atoms with Gasteiger partial charge >= 0.3 is 0 Å². The topological polar surface area (TPSA) is 55.1 Å². The van der Waals surface area contributed by atoms with E-state index in [1.807, 2.05) is 6.92 Å². The molecule has 1 atom stereocenters. The van der Waals surface area contributed by atoms with Crippen molar-refractivity contribution in [2.24, 2.45) is 11.7 Å². The number of nitrogens with two attached hydrogens (primary N) is 1. The number of nitrogens with one attached hydrogen (secondary N) is 1. The second-order valence-electron chi connectivity index (χ2n) is 4.19. The summed E-state index contributed by atoms with van der Waals surface area (Å²) in [7, 11) is 0. The average molecular weight is 184 g/mol. The lowest BCUT2D eigenvalue weighted by Gasteiger charge is -2.29. The summed E-state index contributed by atoms with van der Waals surface area (Å²) < 4.78 is 0. The largest absolute Gasteiger partial charge is 0.349 e. The van der Waals surface area contributed by atoms with Crippen LogP contribution in [0.2, 0.25) is 0 Å². The van der Waals surface area contributed by atoms with Gasteiger partial charge in [0.2, 0.25) is 5.91 Å². The smallest absolute Gasteiger partial charge is 0.220 e. The van der Waals surface area contributed by atoms with E-state index >= 15 is 0 Å². The Balaban J connectivity index is 2.42. The molecular weight excluding hydrogens is 164 g/mol. The molecule has 0 saturated heterocycles. The van der Waals surface area contributed by atoms with Crippen LogP contribution in [-0.4, -0.2) is 18.0 Å². The summed E-state index contributed by atoms with van der Waals surface area (Å²) in [4.78, 5) is 11.4. The predicted octanol–water partition coefficient (Wildman–Crippen LogP) is 1.03. The van der Waals surface area contributed by atoms with Crippen molar-refractivity contribution in [3.05, 3.63) is 0 Å². The van der Waals surface area contributed by atoms with Crippen molar-refractivity contribution >= 4 is 5.91 Å². The van der Waals surface area contributed by atoms with Crippen molar-refractivity contribution in [3.63, 3.8) is 0 Å². The number of hydrogen-bond donors (Lipinski definition) is 2. The number of hydrogen-bond acceptors (Lipinski definition) is 2. The van der Waals surface area contributed by atoms with Crippen LogP contribution >= 0.6 is 0 Å². The first-order valence-corrected chi connectivity index (χ1v) is 5.13. The first kappa shape index (κ1) is 10.5. The summed E-state index contributed by atoms with van der Waals surface area (Å²) in [6.07, 6.45) is 3.93. The summed E-state index contributed by atoms with van der Waals surface area (Å²) in [5, 5.41) is 3.04. The lowest BCUT2D eigenvalue weighted by Crippen LogP contribution is -2.53. The van der Waals surface area contributed by atoms with Crippen LogP contribution in [0.15, 0.2) is 0 Å². The maximum atomic E-state index is 11.4. The molecule has 0 radical (unpaired) electrons. The third-order valence-corrected chi connectivity index (χ3v) is 2.80. The van der Waals surface area contributed by atoms with Crippen molar-refractivity contribution in [3.8, 4) is 0 Å². The maximum Gasteiger partial charge on any atom is 0.220 e. The molecule has 1 unspecified atom stereocenters. The molecule has 1 aliphatic carbocycles. The fourth-order valence-electron chi connectivity index (χ4n) is 1.65. The molecule has 3 heteroatoms. The van der Waals surface area contributed by atoms with Crippen molar-refractivity contribution < 1.29 is 4.79 Å². The van der Waals surface area contributed by atoms with Crippen LogP contribution in [0.25, 0.3) is 0 Å². The lowest BCUT2D eigenvalue weighted by molar-refractivity contribution is -0.123. The molecule has 1 rings (SSSR count). The third-order valence-electron chi connectivity index (χ3n) is 2.80. The van der Waals surface area contributed by atoms with Gasteiger partial charge in [0.1, 0.15) is 0 Å². The SMILES string of the molecule is CCCC(=O)NC(C)(CN)C1CC1. The highest BCUT2D eigenvalue weighted by atomic mass is 16.1. The van der Waals surface area contributed by atoms with Crippen LogP contribution in [0.4, 0.5) is 0 Å². The molecule has 0 aromatic rings. The van der Waals surface area contributed by atoms with E-state index < -0.39 is 0 Å². The minimum atomic E-state index is -0.147. The van der Waals surface area contributed by atoms with Gasteiger partial charge in [-0.05, 0) is 32.1 Å². The highest BCUT2D eigenvalue weighted by Crippen LogP contribution is 2.38. The van der Waals surface area contributed by atoms with E-state index in [0.717, 1.165) is 6.42 Å². The molecule has 0 spiro atoms. The molecule has 13 heavy (non-hydrogen) atoms. The average Bonchev–Trinajstić information content (AvgIpc) is 2.86. The van der Waals surface area contributed by atoms with Crippen LogP contribution in [-0.2, 0) is 4.79 Å². The molecule has 0 aliphatic heterocycles. The van der Waals surface area contributed by atoms with E-state index in [2.05, 4.69) is 12.2 Å². The second-order valence-corrected chi connectivity index (χ2v) is 4.19. The predicted molar refractivity (Wildman–Crippen MR) is 53.2 cm³/mol. The summed E-state index contributed by atoms with van der Waals surface area (Å²) >= 11 is 0. The highest BCUT2D eigenvalue weighted by molar-refractivity contribution is 5.76. The van der Waals surface area contributed by atoms with Crippen molar-refractivity contribution in [1.82, 2.24) is 5.32 Å². The molecular formula is C10H20N2O. The lowest BCUT2D eigenvalue weighted by atomic mass is 9.95. The number of rotatable bonds is 5. The fraction of sp³-hybridized carbons (Fsp3) is 0.900. The zero-order chi connectivity index (χ0) is 9.90. The fourth-order valence-corrected chi connectivity index (χ4v) is 1.65. The van der Waals surface area contributed by atoms with Gasteiger partial charge in [-0.3, -0.25) is 4.79 Å². The Labute approximate surface area is 80.1 Å². The Bertz CT molecular complexity index is 189. The van der Waals surface area contributed by atoms with Gasteiger partial charge < -0.3 is 11.1 Å². The number of amides is 1. The molecule has 1 fully saturated rings. The van der Waals surface area contributed by atoms with Crippen LogP contribution in [0, 0.1) is 5.92 Å². The standard InChI is InChI=1S/C10H20N2O/c1-3-4-9(13)12-10(2,7-11)8-5-6-8/h8H,3-7,11H2,1-2H3,(H,12,13). The Hall–Kier alpha value is -0.570. The minimum Gasteiger partial charge on any atom is -0.349 e. The zero-order valence-electron chi connectivity index (χ0n) is 8.60. The summed E-state index contributed by atoms with van der Waals surface area (Å²) in [6, 6.07) is 0. The summed E-state index contributed by atoms with van der Waals surface area (Å²) in [5.74, 6) is 0.751. The molecule has 76 valence electrons. The summed E-state index contributed by atoms with van der Waals surface area (Å²) in [6.45, 7) is 4.61. The van der Waals surface area contributed by atoms with Gasteiger partial charge in [-0.1, -0.05) is 6.92 Å². The zero-order valence-corrected chi connectivity index (χ0v) is 8.60. The molecule has 1 saturated carbocycles. The van der Waals surface area contributed by atoms with Crippen LogP contribution < -0.4 is 11.1 Å². The quantitative estimate of drug-likeness (QED) is 0.670. The van der Waals surface area contributed by atoms with E-state index in [0.29, 0.717) is 18.9 Å². The number of carbonyl (C=O) groups excluding carboxylic acids is 1. The minimum absolute atomic E-state index is 0.141. The molecule has 0 heterocycles. The van der Waals surface area contributed by atoms with Crippen molar-refractivity contribution in [2.75, 3.05) is 6.54 Å². The molecule has 0 aromatic heterocycles. The van der Waals surface area contributed by atoms with E-state index in [-0.39, 0.29) is 11.4 Å². The van der Waals surface area contributed by atoms with E-state index in [1.54, 1.807) is 0 Å². The van der Waals surface area contributed by atoms with E-state index in [9.17, 15) is 4.79 Å².